The molecule has 1 aliphatic heterocycles. The molecule has 0 radical (unpaired) electrons. The van der Waals surface area contributed by atoms with E-state index in [1.165, 1.54) is 6.07 Å². The summed E-state index contributed by atoms with van der Waals surface area (Å²) in [4.78, 5) is 0.964. The topological polar surface area (TPSA) is 15.3 Å². The molecular weight excluding hydrogens is 286 g/mol. The van der Waals surface area contributed by atoms with E-state index in [1.807, 2.05) is 0 Å². The molecule has 2 rings (SSSR count). The predicted molar refractivity (Wildman–Crippen MR) is 61.5 cm³/mol. The highest BCUT2D eigenvalue weighted by molar-refractivity contribution is 5.51. The molecule has 2 nitrogen and oxygen atoms in total. The first-order valence-electron chi connectivity index (χ1n) is 5.91. The number of anilines is 1. The maximum atomic E-state index is 12.9. The number of nitrogens with zero attached hydrogens (tertiary/aromatic N) is 1. The van der Waals surface area contributed by atoms with E-state index in [9.17, 15) is 26.3 Å². The lowest BCUT2D eigenvalue weighted by Gasteiger charge is -2.39. The van der Waals surface area contributed by atoms with Gasteiger partial charge >= 0.3 is 12.4 Å². The molecule has 1 N–H and O–H groups in total. The van der Waals surface area contributed by atoms with Crippen LogP contribution < -0.4 is 10.2 Å². The van der Waals surface area contributed by atoms with Gasteiger partial charge in [0.15, 0.2) is 0 Å². The lowest BCUT2D eigenvalue weighted by atomic mass is 10.1. The normalized spacial score (nSPS) is 21.1. The summed E-state index contributed by atoms with van der Waals surface area (Å²) < 4.78 is 76.6. The zero-order valence-corrected chi connectivity index (χ0v) is 10.2. The van der Waals surface area contributed by atoms with Crippen LogP contribution in [0.1, 0.15) is 5.56 Å². The summed E-state index contributed by atoms with van der Waals surface area (Å²) in [5.74, 6) is 0. The monoisotopic (exact) mass is 298 g/mol. The molecule has 1 unspecified atom stereocenters. The molecule has 1 aromatic carbocycles. The van der Waals surface area contributed by atoms with Gasteiger partial charge in [-0.25, -0.2) is 0 Å². The van der Waals surface area contributed by atoms with Gasteiger partial charge in [-0.2, -0.15) is 26.3 Å². The second-order valence-corrected chi connectivity index (χ2v) is 4.50. The average molecular weight is 298 g/mol. The van der Waals surface area contributed by atoms with E-state index in [4.69, 9.17) is 0 Å². The van der Waals surface area contributed by atoms with E-state index in [2.05, 4.69) is 5.32 Å². The van der Waals surface area contributed by atoms with Crippen LogP contribution in [0.15, 0.2) is 24.3 Å². The smallest absolute Gasteiger partial charge is 0.357 e. The van der Waals surface area contributed by atoms with Crippen molar-refractivity contribution in [2.24, 2.45) is 0 Å². The van der Waals surface area contributed by atoms with Crippen LogP contribution in [-0.2, 0) is 6.18 Å². The maximum Gasteiger partial charge on any atom is 0.416 e. The standard InChI is InChI=1S/C12H12F6N2/c13-11(14,15)8-2-1-3-9(6-8)20-5-4-19-7-10(20)12(16,17)18/h1-3,6,10,19H,4-5,7H2. The summed E-state index contributed by atoms with van der Waals surface area (Å²) >= 11 is 0. The fraction of sp³-hybridized carbons (Fsp3) is 0.500. The Morgan fingerprint density at radius 2 is 1.80 bits per heavy atom. The third-order valence-electron chi connectivity index (χ3n) is 3.13. The van der Waals surface area contributed by atoms with Crippen molar-refractivity contribution in [3.63, 3.8) is 0 Å². The molecule has 1 fully saturated rings. The van der Waals surface area contributed by atoms with Gasteiger partial charge in [0.1, 0.15) is 6.04 Å². The highest BCUT2D eigenvalue weighted by atomic mass is 19.4. The lowest BCUT2D eigenvalue weighted by molar-refractivity contribution is -0.149. The highest BCUT2D eigenvalue weighted by Gasteiger charge is 2.45. The summed E-state index contributed by atoms with van der Waals surface area (Å²) in [5.41, 5.74) is -1.02. The first kappa shape index (κ1) is 15.0. The summed E-state index contributed by atoms with van der Waals surface area (Å²) in [6, 6.07) is 2.16. The molecule has 8 heteroatoms. The Labute approximate surface area is 111 Å². The van der Waals surface area contributed by atoms with Gasteiger partial charge in [0, 0.05) is 25.3 Å². The Bertz CT molecular complexity index is 468. The largest absolute Gasteiger partial charge is 0.416 e. The first-order valence-corrected chi connectivity index (χ1v) is 5.91. The summed E-state index contributed by atoms with van der Waals surface area (Å²) in [5, 5.41) is 2.60. The van der Waals surface area contributed by atoms with Gasteiger partial charge in [-0.3, -0.25) is 0 Å². The first-order chi connectivity index (χ1) is 9.19. The SMILES string of the molecule is FC(F)(F)c1cccc(N2CCNCC2C(F)(F)F)c1. The molecule has 1 aliphatic rings. The van der Waals surface area contributed by atoms with Crippen molar-refractivity contribution in [1.29, 1.82) is 0 Å². The molecule has 1 atom stereocenters. The third-order valence-corrected chi connectivity index (χ3v) is 3.13. The molecule has 0 bridgehead atoms. The zero-order valence-electron chi connectivity index (χ0n) is 10.2. The van der Waals surface area contributed by atoms with Crippen LogP contribution in [0.2, 0.25) is 0 Å². The lowest BCUT2D eigenvalue weighted by Crippen LogP contribution is -2.58. The van der Waals surface area contributed by atoms with Crippen LogP contribution in [-0.4, -0.2) is 31.9 Å². The Hall–Kier alpha value is -1.44. The molecule has 20 heavy (non-hydrogen) atoms. The van der Waals surface area contributed by atoms with Gasteiger partial charge in [0.05, 0.1) is 5.56 Å². The molecule has 112 valence electrons. The quantitative estimate of drug-likeness (QED) is 0.802. The van der Waals surface area contributed by atoms with Crippen molar-refractivity contribution in [2.45, 2.75) is 18.4 Å². The Kier molecular flexibility index (Phi) is 3.86. The number of benzene rings is 1. The molecule has 0 aromatic heterocycles. The van der Waals surface area contributed by atoms with Crippen molar-refractivity contribution in [3.8, 4) is 0 Å². The maximum absolute atomic E-state index is 12.9. The van der Waals surface area contributed by atoms with Crippen molar-refractivity contribution in [3.05, 3.63) is 29.8 Å². The molecule has 1 heterocycles. The number of hydrogen-bond acceptors (Lipinski definition) is 2. The number of piperazine rings is 1. The van der Waals surface area contributed by atoms with Crippen molar-refractivity contribution >= 4 is 5.69 Å². The van der Waals surface area contributed by atoms with Crippen molar-refractivity contribution in [1.82, 2.24) is 5.32 Å². The predicted octanol–water partition coefficient (Wildman–Crippen LogP) is 3.05. The molecule has 1 saturated heterocycles. The van der Waals surface area contributed by atoms with Crippen LogP contribution in [0.25, 0.3) is 0 Å². The molecule has 0 amide bonds. The van der Waals surface area contributed by atoms with Crippen LogP contribution in [0, 0.1) is 0 Å². The molecule has 0 saturated carbocycles. The van der Waals surface area contributed by atoms with Crippen LogP contribution in [0.4, 0.5) is 32.0 Å². The molecule has 1 aromatic rings. The van der Waals surface area contributed by atoms with E-state index in [-0.39, 0.29) is 18.8 Å². The van der Waals surface area contributed by atoms with Gasteiger partial charge in [0.2, 0.25) is 0 Å². The second kappa shape index (κ2) is 5.16. The summed E-state index contributed by atoms with van der Waals surface area (Å²) in [6.07, 6.45) is -9.07. The zero-order chi connectivity index (χ0) is 15.0. The van der Waals surface area contributed by atoms with Crippen molar-refractivity contribution in [2.75, 3.05) is 24.5 Å². The number of rotatable bonds is 1. The van der Waals surface area contributed by atoms with E-state index in [0.29, 0.717) is 6.54 Å². The second-order valence-electron chi connectivity index (χ2n) is 4.50. The Morgan fingerprint density at radius 3 is 2.40 bits per heavy atom. The molecule has 0 spiro atoms. The van der Waals surface area contributed by atoms with E-state index in [1.54, 1.807) is 0 Å². The number of hydrogen-bond donors (Lipinski definition) is 1. The third kappa shape index (κ3) is 3.17. The summed E-state index contributed by atoms with van der Waals surface area (Å²) in [7, 11) is 0. The highest BCUT2D eigenvalue weighted by Crippen LogP contribution is 2.34. The van der Waals surface area contributed by atoms with Crippen LogP contribution in [0.5, 0.6) is 0 Å². The van der Waals surface area contributed by atoms with Gasteiger partial charge in [-0.05, 0) is 18.2 Å². The molecule has 0 aliphatic carbocycles. The van der Waals surface area contributed by atoms with Crippen LogP contribution >= 0.6 is 0 Å². The summed E-state index contributed by atoms with van der Waals surface area (Å²) in [6.45, 7) is -0.0337. The molecular formula is C12H12F6N2. The number of alkyl halides is 6. The van der Waals surface area contributed by atoms with Crippen LogP contribution in [0.3, 0.4) is 0 Å². The van der Waals surface area contributed by atoms with Gasteiger partial charge in [-0.15, -0.1) is 0 Å². The van der Waals surface area contributed by atoms with Crippen molar-refractivity contribution < 1.29 is 26.3 Å². The van der Waals surface area contributed by atoms with E-state index in [0.717, 1.165) is 23.1 Å². The number of nitrogens with one attached hydrogen (secondary N) is 1. The number of halogens is 6. The van der Waals surface area contributed by atoms with Gasteiger partial charge in [0.25, 0.3) is 0 Å². The Balaban J connectivity index is 2.33. The van der Waals surface area contributed by atoms with Gasteiger partial charge in [-0.1, -0.05) is 6.07 Å². The minimum Gasteiger partial charge on any atom is -0.357 e. The minimum absolute atomic E-state index is 0.00544. The van der Waals surface area contributed by atoms with E-state index < -0.39 is 24.0 Å². The van der Waals surface area contributed by atoms with E-state index >= 15 is 0 Å². The Morgan fingerprint density at radius 1 is 1.10 bits per heavy atom. The van der Waals surface area contributed by atoms with Gasteiger partial charge < -0.3 is 10.2 Å². The minimum atomic E-state index is -4.57. The fourth-order valence-corrected chi connectivity index (χ4v) is 2.17. The average Bonchev–Trinajstić information content (AvgIpc) is 2.37. The fourth-order valence-electron chi connectivity index (χ4n) is 2.17.